The fraction of sp³-hybridized carbons (Fsp3) is 0.500. The Kier molecular flexibility index (Phi) is 5.59. The second kappa shape index (κ2) is 7.18. The summed E-state index contributed by atoms with van der Waals surface area (Å²) in [4.78, 5) is 11.3. The van der Waals surface area contributed by atoms with E-state index in [-0.39, 0.29) is 12.5 Å². The van der Waals surface area contributed by atoms with Crippen molar-refractivity contribution in [3.05, 3.63) is 35.1 Å². The largest absolute Gasteiger partial charge is 0.497 e. The summed E-state index contributed by atoms with van der Waals surface area (Å²) in [6.07, 6.45) is 1.75. The SMILES string of the molecule is COc1cc(F)cc(C=C(CNC(C)=O)B2OC(C)(C)C(C)(C)O2)c1. The Morgan fingerprint density at radius 3 is 2.36 bits per heavy atom. The predicted molar refractivity (Wildman–Crippen MR) is 95.7 cm³/mol. The standard InChI is InChI=1S/C18H25BFNO4/c1-12(22)21-11-14(19-24-17(2,3)18(4,5)25-19)7-13-8-15(20)10-16(9-13)23-6/h7-10H,11H2,1-6H3,(H,21,22). The van der Waals surface area contributed by atoms with Crippen molar-refractivity contribution in [1.82, 2.24) is 5.32 Å². The van der Waals surface area contributed by atoms with Crippen molar-refractivity contribution in [1.29, 1.82) is 0 Å². The zero-order chi connectivity index (χ0) is 18.8. The van der Waals surface area contributed by atoms with E-state index in [1.54, 1.807) is 12.1 Å². The molecule has 0 aliphatic carbocycles. The van der Waals surface area contributed by atoms with Crippen molar-refractivity contribution in [3.8, 4) is 5.75 Å². The van der Waals surface area contributed by atoms with Gasteiger partial charge in [-0.25, -0.2) is 4.39 Å². The number of rotatable bonds is 5. The lowest BCUT2D eigenvalue weighted by molar-refractivity contribution is -0.118. The van der Waals surface area contributed by atoms with Crippen molar-refractivity contribution in [2.75, 3.05) is 13.7 Å². The van der Waals surface area contributed by atoms with Crippen LogP contribution in [0.4, 0.5) is 4.39 Å². The van der Waals surface area contributed by atoms with Gasteiger partial charge in [0.2, 0.25) is 5.91 Å². The summed E-state index contributed by atoms with van der Waals surface area (Å²) >= 11 is 0. The van der Waals surface area contributed by atoms with Crippen LogP contribution < -0.4 is 10.1 Å². The lowest BCUT2D eigenvalue weighted by atomic mass is 9.77. The van der Waals surface area contributed by atoms with Gasteiger partial charge in [0.1, 0.15) is 11.6 Å². The van der Waals surface area contributed by atoms with E-state index in [0.717, 1.165) is 0 Å². The molecule has 0 bridgehead atoms. The van der Waals surface area contributed by atoms with Crippen LogP contribution in [0.25, 0.3) is 6.08 Å². The first kappa shape index (κ1) is 19.5. The van der Waals surface area contributed by atoms with Crippen LogP contribution in [0.5, 0.6) is 5.75 Å². The molecule has 5 nitrogen and oxygen atoms in total. The summed E-state index contributed by atoms with van der Waals surface area (Å²) in [5.41, 5.74) is 0.285. The van der Waals surface area contributed by atoms with Crippen LogP contribution in [0, 0.1) is 5.82 Å². The zero-order valence-electron chi connectivity index (χ0n) is 15.6. The Balaban J connectivity index is 2.36. The fourth-order valence-electron chi connectivity index (χ4n) is 2.42. The maximum absolute atomic E-state index is 13.8. The van der Waals surface area contributed by atoms with E-state index in [2.05, 4.69) is 5.32 Å². The minimum atomic E-state index is -0.633. The number of benzene rings is 1. The molecule has 1 aromatic rings. The molecule has 2 rings (SSSR count). The van der Waals surface area contributed by atoms with Crippen LogP contribution in [-0.4, -0.2) is 37.9 Å². The van der Waals surface area contributed by atoms with Crippen molar-refractivity contribution >= 4 is 19.1 Å². The van der Waals surface area contributed by atoms with Gasteiger partial charge in [-0.05, 0) is 50.9 Å². The molecular formula is C18H25BFNO4. The second-order valence-electron chi connectivity index (χ2n) is 7.14. The van der Waals surface area contributed by atoms with Crippen molar-refractivity contribution in [2.45, 2.75) is 45.8 Å². The normalized spacial score (nSPS) is 19.0. The molecule has 25 heavy (non-hydrogen) atoms. The van der Waals surface area contributed by atoms with Crippen LogP contribution in [0.2, 0.25) is 0 Å². The number of hydrogen-bond acceptors (Lipinski definition) is 4. The molecule has 1 N–H and O–H groups in total. The maximum atomic E-state index is 13.8. The monoisotopic (exact) mass is 349 g/mol. The van der Waals surface area contributed by atoms with Crippen LogP contribution in [-0.2, 0) is 14.1 Å². The average Bonchev–Trinajstić information content (AvgIpc) is 2.70. The van der Waals surface area contributed by atoms with E-state index in [9.17, 15) is 9.18 Å². The molecule has 0 aromatic heterocycles. The fourth-order valence-corrected chi connectivity index (χ4v) is 2.42. The molecule has 0 radical (unpaired) electrons. The van der Waals surface area contributed by atoms with Gasteiger partial charge in [-0.1, -0.05) is 6.08 Å². The topological polar surface area (TPSA) is 56.8 Å². The van der Waals surface area contributed by atoms with Gasteiger partial charge < -0.3 is 19.4 Å². The Labute approximate surface area is 148 Å². The van der Waals surface area contributed by atoms with Gasteiger partial charge in [0.15, 0.2) is 0 Å². The molecular weight excluding hydrogens is 324 g/mol. The highest BCUT2D eigenvalue weighted by molar-refractivity contribution is 6.56. The average molecular weight is 349 g/mol. The van der Waals surface area contributed by atoms with Crippen molar-refractivity contribution in [2.24, 2.45) is 0 Å². The van der Waals surface area contributed by atoms with Gasteiger partial charge in [-0.3, -0.25) is 4.79 Å². The van der Waals surface area contributed by atoms with E-state index >= 15 is 0 Å². The molecule has 0 spiro atoms. The highest BCUT2D eigenvalue weighted by Crippen LogP contribution is 2.38. The molecule has 1 saturated heterocycles. The van der Waals surface area contributed by atoms with E-state index < -0.39 is 24.1 Å². The first-order valence-electron chi connectivity index (χ1n) is 8.19. The third kappa shape index (κ3) is 4.61. The highest BCUT2D eigenvalue weighted by atomic mass is 19.1. The molecule has 0 unspecified atom stereocenters. The Morgan fingerprint density at radius 2 is 1.84 bits per heavy atom. The highest BCUT2D eigenvalue weighted by Gasteiger charge is 2.52. The zero-order valence-corrected chi connectivity index (χ0v) is 15.6. The first-order chi connectivity index (χ1) is 11.5. The van der Waals surface area contributed by atoms with Crippen LogP contribution in [0.15, 0.2) is 23.7 Å². The molecule has 1 fully saturated rings. The molecule has 136 valence electrons. The van der Waals surface area contributed by atoms with Gasteiger partial charge in [0, 0.05) is 19.5 Å². The Hall–Kier alpha value is -1.86. The van der Waals surface area contributed by atoms with E-state index in [0.29, 0.717) is 16.8 Å². The number of amides is 1. The maximum Gasteiger partial charge on any atom is 0.492 e. The van der Waals surface area contributed by atoms with Gasteiger partial charge in [-0.2, -0.15) is 0 Å². The summed E-state index contributed by atoms with van der Waals surface area (Å²) in [6.45, 7) is 9.49. The minimum absolute atomic E-state index is 0.167. The summed E-state index contributed by atoms with van der Waals surface area (Å²) < 4.78 is 31.0. The number of hydrogen-bond donors (Lipinski definition) is 1. The van der Waals surface area contributed by atoms with Crippen LogP contribution in [0.1, 0.15) is 40.2 Å². The Morgan fingerprint density at radius 1 is 1.24 bits per heavy atom. The first-order valence-corrected chi connectivity index (χ1v) is 8.19. The smallest absolute Gasteiger partial charge is 0.492 e. The number of ether oxygens (including phenoxy) is 1. The molecule has 0 saturated carbocycles. The summed E-state index contributed by atoms with van der Waals surface area (Å²) in [6, 6.07) is 4.41. The summed E-state index contributed by atoms with van der Waals surface area (Å²) in [5.74, 6) is -0.156. The molecule has 1 amide bonds. The third-order valence-corrected chi connectivity index (χ3v) is 4.58. The number of halogens is 1. The minimum Gasteiger partial charge on any atom is -0.497 e. The van der Waals surface area contributed by atoms with Crippen LogP contribution >= 0.6 is 0 Å². The predicted octanol–water partition coefficient (Wildman–Crippen LogP) is 2.99. The lowest BCUT2D eigenvalue weighted by Crippen LogP contribution is -2.41. The lowest BCUT2D eigenvalue weighted by Gasteiger charge is -2.32. The molecule has 1 aliphatic heterocycles. The van der Waals surface area contributed by atoms with Gasteiger partial charge in [0.05, 0.1) is 18.3 Å². The van der Waals surface area contributed by atoms with E-state index in [4.69, 9.17) is 14.0 Å². The number of nitrogens with one attached hydrogen (secondary N) is 1. The summed E-state index contributed by atoms with van der Waals surface area (Å²) in [5, 5.41) is 2.75. The van der Waals surface area contributed by atoms with E-state index in [1.807, 2.05) is 27.7 Å². The van der Waals surface area contributed by atoms with Gasteiger partial charge in [-0.15, -0.1) is 0 Å². The molecule has 1 aliphatic rings. The molecule has 1 heterocycles. The molecule has 0 atom stereocenters. The van der Waals surface area contributed by atoms with Crippen LogP contribution in [0.3, 0.4) is 0 Å². The number of methoxy groups -OCH3 is 1. The van der Waals surface area contributed by atoms with Crippen molar-refractivity contribution < 1.29 is 23.2 Å². The quantitative estimate of drug-likeness (QED) is 0.831. The molecule has 1 aromatic carbocycles. The van der Waals surface area contributed by atoms with E-state index in [1.165, 1.54) is 26.2 Å². The van der Waals surface area contributed by atoms with Gasteiger partial charge in [0.25, 0.3) is 0 Å². The summed E-state index contributed by atoms with van der Waals surface area (Å²) in [7, 11) is 0.848. The van der Waals surface area contributed by atoms with Crippen molar-refractivity contribution in [3.63, 3.8) is 0 Å². The molecule has 7 heteroatoms. The van der Waals surface area contributed by atoms with Gasteiger partial charge >= 0.3 is 7.12 Å². The third-order valence-electron chi connectivity index (χ3n) is 4.58. The number of carbonyl (C=O) groups excluding carboxylic acids is 1. The Bertz CT molecular complexity index is 672. The number of carbonyl (C=O) groups is 1. The second-order valence-corrected chi connectivity index (χ2v) is 7.14.